The van der Waals surface area contributed by atoms with E-state index < -0.39 is 10.0 Å². The van der Waals surface area contributed by atoms with E-state index in [-0.39, 0.29) is 6.10 Å². The van der Waals surface area contributed by atoms with E-state index in [1.54, 1.807) is 18.3 Å². The maximum Gasteiger partial charge on any atom is 0.243 e. The van der Waals surface area contributed by atoms with Crippen molar-refractivity contribution in [1.29, 1.82) is 0 Å². The summed E-state index contributed by atoms with van der Waals surface area (Å²) in [5.74, 6) is 0.538. The maximum absolute atomic E-state index is 12.8. The van der Waals surface area contributed by atoms with Crippen LogP contribution in [-0.4, -0.2) is 36.9 Å². The highest BCUT2D eigenvalue weighted by atomic mass is 32.2. The molecule has 6 heteroatoms. The van der Waals surface area contributed by atoms with Gasteiger partial charge in [-0.1, -0.05) is 12.1 Å². The Balaban J connectivity index is 1.72. The van der Waals surface area contributed by atoms with E-state index in [4.69, 9.17) is 4.74 Å². The number of aryl methyl sites for hydroxylation is 3. The summed E-state index contributed by atoms with van der Waals surface area (Å²) >= 11 is 0. The van der Waals surface area contributed by atoms with Crippen LogP contribution in [0.1, 0.15) is 23.1 Å². The van der Waals surface area contributed by atoms with Gasteiger partial charge in [0, 0.05) is 18.8 Å². The van der Waals surface area contributed by atoms with Gasteiger partial charge in [0.1, 0.15) is 6.10 Å². The fraction of sp³-hybridized carbons (Fsp3) is 0.389. The summed E-state index contributed by atoms with van der Waals surface area (Å²) in [5, 5.41) is 0. The molecule has 1 aromatic carbocycles. The fourth-order valence-electron chi connectivity index (χ4n) is 2.73. The largest absolute Gasteiger partial charge is 0.473 e. The minimum atomic E-state index is -3.48. The summed E-state index contributed by atoms with van der Waals surface area (Å²) in [6.45, 7) is 6.67. The SMILES string of the molecule is Cc1ccc(OC2CCN(S(=O)(=O)c3ccc(C)c(C)c3)C2)nc1. The number of rotatable bonds is 4. The molecule has 1 aliphatic heterocycles. The predicted molar refractivity (Wildman–Crippen MR) is 92.7 cm³/mol. The summed E-state index contributed by atoms with van der Waals surface area (Å²) in [6, 6.07) is 9.01. The number of ether oxygens (including phenoxy) is 1. The van der Waals surface area contributed by atoms with Crippen molar-refractivity contribution >= 4 is 10.0 Å². The molecule has 1 fully saturated rings. The molecule has 2 heterocycles. The zero-order valence-corrected chi connectivity index (χ0v) is 15.0. The minimum absolute atomic E-state index is 0.165. The van der Waals surface area contributed by atoms with Crippen molar-refractivity contribution in [2.24, 2.45) is 0 Å². The Morgan fingerprint density at radius 1 is 1.12 bits per heavy atom. The Morgan fingerprint density at radius 2 is 1.92 bits per heavy atom. The molecule has 1 unspecified atom stereocenters. The van der Waals surface area contributed by atoms with Crippen molar-refractivity contribution < 1.29 is 13.2 Å². The van der Waals surface area contributed by atoms with Gasteiger partial charge >= 0.3 is 0 Å². The normalized spacial score (nSPS) is 18.7. The smallest absolute Gasteiger partial charge is 0.243 e. The highest BCUT2D eigenvalue weighted by Gasteiger charge is 2.33. The van der Waals surface area contributed by atoms with Gasteiger partial charge in [-0.05, 0) is 56.0 Å². The van der Waals surface area contributed by atoms with Crippen LogP contribution in [0, 0.1) is 20.8 Å². The lowest BCUT2D eigenvalue weighted by Gasteiger charge is -2.17. The number of aromatic nitrogens is 1. The molecule has 0 amide bonds. The topological polar surface area (TPSA) is 59.5 Å². The van der Waals surface area contributed by atoms with E-state index in [0.29, 0.717) is 30.3 Å². The molecule has 128 valence electrons. The van der Waals surface area contributed by atoms with E-state index in [1.807, 2.05) is 39.0 Å². The molecule has 1 aliphatic rings. The third kappa shape index (κ3) is 3.44. The number of benzene rings is 1. The Morgan fingerprint density at radius 3 is 2.58 bits per heavy atom. The van der Waals surface area contributed by atoms with Crippen LogP contribution in [-0.2, 0) is 10.0 Å². The molecule has 1 saturated heterocycles. The van der Waals surface area contributed by atoms with E-state index in [1.165, 1.54) is 4.31 Å². The molecule has 0 bridgehead atoms. The standard InChI is InChI=1S/C18H22N2O3S/c1-13-4-7-18(19-11-13)23-16-8-9-20(12-16)24(21,22)17-6-5-14(2)15(3)10-17/h4-7,10-11,16H,8-9,12H2,1-3H3. The molecule has 3 rings (SSSR count). The average molecular weight is 346 g/mol. The number of pyridine rings is 1. The van der Waals surface area contributed by atoms with Gasteiger partial charge in [-0.2, -0.15) is 4.31 Å². The molecular weight excluding hydrogens is 324 g/mol. The van der Waals surface area contributed by atoms with Crippen LogP contribution in [0.15, 0.2) is 41.4 Å². The summed E-state index contributed by atoms with van der Waals surface area (Å²) in [6.07, 6.45) is 2.24. The first-order chi connectivity index (χ1) is 11.4. The lowest BCUT2D eigenvalue weighted by molar-refractivity contribution is 0.207. The van der Waals surface area contributed by atoms with Crippen LogP contribution in [0.4, 0.5) is 0 Å². The summed E-state index contributed by atoms with van der Waals surface area (Å²) < 4.78 is 32.9. The van der Waals surface area contributed by atoms with E-state index >= 15 is 0 Å². The van der Waals surface area contributed by atoms with Gasteiger partial charge in [-0.3, -0.25) is 0 Å². The zero-order chi connectivity index (χ0) is 17.3. The summed E-state index contributed by atoms with van der Waals surface area (Å²) in [5.41, 5.74) is 3.13. The van der Waals surface area contributed by atoms with Gasteiger partial charge in [0.2, 0.25) is 15.9 Å². The van der Waals surface area contributed by atoms with E-state index in [2.05, 4.69) is 4.98 Å². The van der Waals surface area contributed by atoms with Crippen LogP contribution in [0.5, 0.6) is 5.88 Å². The average Bonchev–Trinajstić information content (AvgIpc) is 3.01. The quantitative estimate of drug-likeness (QED) is 0.854. The molecule has 2 aromatic rings. The van der Waals surface area contributed by atoms with Crippen LogP contribution < -0.4 is 4.74 Å². The van der Waals surface area contributed by atoms with Gasteiger partial charge in [-0.15, -0.1) is 0 Å². The second-order valence-corrected chi connectivity index (χ2v) is 8.25. The Hall–Kier alpha value is -1.92. The van der Waals surface area contributed by atoms with Crippen molar-refractivity contribution in [3.8, 4) is 5.88 Å². The maximum atomic E-state index is 12.8. The van der Waals surface area contributed by atoms with Gasteiger partial charge < -0.3 is 4.74 Å². The zero-order valence-electron chi connectivity index (χ0n) is 14.2. The highest BCUT2D eigenvalue weighted by Crippen LogP contribution is 2.24. The first kappa shape index (κ1) is 16.9. The second-order valence-electron chi connectivity index (χ2n) is 6.31. The predicted octanol–water partition coefficient (Wildman–Crippen LogP) is 2.85. The molecule has 0 saturated carbocycles. The fourth-order valence-corrected chi connectivity index (χ4v) is 4.30. The van der Waals surface area contributed by atoms with Crippen molar-refractivity contribution in [3.63, 3.8) is 0 Å². The lowest BCUT2D eigenvalue weighted by atomic mass is 10.1. The molecule has 24 heavy (non-hydrogen) atoms. The number of hydrogen-bond acceptors (Lipinski definition) is 4. The summed E-state index contributed by atoms with van der Waals surface area (Å²) in [7, 11) is -3.48. The van der Waals surface area contributed by atoms with E-state index in [9.17, 15) is 8.42 Å². The Labute approximate surface area is 143 Å². The minimum Gasteiger partial charge on any atom is -0.473 e. The summed E-state index contributed by atoms with van der Waals surface area (Å²) in [4.78, 5) is 4.57. The number of sulfonamides is 1. The number of nitrogens with zero attached hydrogens (tertiary/aromatic N) is 2. The third-order valence-corrected chi connectivity index (χ3v) is 6.26. The highest BCUT2D eigenvalue weighted by molar-refractivity contribution is 7.89. The monoisotopic (exact) mass is 346 g/mol. The Kier molecular flexibility index (Phi) is 4.60. The van der Waals surface area contributed by atoms with Crippen molar-refractivity contribution in [2.75, 3.05) is 13.1 Å². The van der Waals surface area contributed by atoms with E-state index in [0.717, 1.165) is 16.7 Å². The number of hydrogen-bond donors (Lipinski definition) is 0. The molecule has 0 radical (unpaired) electrons. The molecule has 0 aliphatic carbocycles. The first-order valence-electron chi connectivity index (χ1n) is 8.03. The first-order valence-corrected chi connectivity index (χ1v) is 9.47. The third-order valence-electron chi connectivity index (χ3n) is 4.40. The van der Waals surface area contributed by atoms with Crippen LogP contribution in [0.2, 0.25) is 0 Å². The molecule has 1 atom stereocenters. The lowest BCUT2D eigenvalue weighted by Crippen LogP contribution is -2.31. The van der Waals surface area contributed by atoms with Crippen LogP contribution in [0.3, 0.4) is 0 Å². The van der Waals surface area contributed by atoms with Gasteiger partial charge in [0.25, 0.3) is 0 Å². The second kappa shape index (κ2) is 6.53. The van der Waals surface area contributed by atoms with Crippen molar-refractivity contribution in [2.45, 2.75) is 38.2 Å². The van der Waals surface area contributed by atoms with Gasteiger partial charge in [-0.25, -0.2) is 13.4 Å². The van der Waals surface area contributed by atoms with Crippen molar-refractivity contribution in [1.82, 2.24) is 9.29 Å². The molecule has 5 nitrogen and oxygen atoms in total. The van der Waals surface area contributed by atoms with Crippen LogP contribution in [0.25, 0.3) is 0 Å². The van der Waals surface area contributed by atoms with Gasteiger partial charge in [0.05, 0.1) is 11.4 Å². The molecule has 1 aromatic heterocycles. The van der Waals surface area contributed by atoms with Gasteiger partial charge in [0.15, 0.2) is 0 Å². The van der Waals surface area contributed by atoms with Crippen LogP contribution >= 0.6 is 0 Å². The molecule has 0 spiro atoms. The molecular formula is C18H22N2O3S. The Bertz CT molecular complexity index is 832. The van der Waals surface area contributed by atoms with Crippen molar-refractivity contribution in [3.05, 3.63) is 53.2 Å². The molecule has 0 N–H and O–H groups in total.